The molecule has 0 aliphatic carbocycles. The van der Waals surface area contributed by atoms with Crippen LogP contribution in [0, 0.1) is 0 Å². The van der Waals surface area contributed by atoms with Crippen LogP contribution in [-0.2, 0) is 0 Å². The second kappa shape index (κ2) is 5.56. The lowest BCUT2D eigenvalue weighted by molar-refractivity contribution is 0.944. The summed E-state index contributed by atoms with van der Waals surface area (Å²) < 4.78 is 0. The molecule has 3 aromatic rings. The van der Waals surface area contributed by atoms with Crippen LogP contribution in [0.15, 0.2) is 60.9 Å². The van der Waals surface area contributed by atoms with Gasteiger partial charge >= 0.3 is 0 Å². The molecule has 0 saturated carbocycles. The number of nitrogens with one attached hydrogen (secondary N) is 1. The van der Waals surface area contributed by atoms with E-state index in [0.29, 0.717) is 5.15 Å². The summed E-state index contributed by atoms with van der Waals surface area (Å²) in [5.74, 6) is 0.774. The first-order chi connectivity index (χ1) is 11.3. The van der Waals surface area contributed by atoms with E-state index >= 15 is 0 Å². The molecule has 5 heteroatoms. The molecule has 2 aromatic carbocycles. The van der Waals surface area contributed by atoms with Gasteiger partial charge in [0.25, 0.3) is 0 Å². The summed E-state index contributed by atoms with van der Waals surface area (Å²) in [6.45, 7) is 0. The van der Waals surface area contributed by atoms with E-state index in [0.717, 1.165) is 17.2 Å². The molecule has 0 bridgehead atoms. The van der Waals surface area contributed by atoms with Crippen molar-refractivity contribution in [3.05, 3.63) is 77.2 Å². The Balaban J connectivity index is 1.97. The Bertz CT molecular complexity index is 851. The smallest absolute Gasteiger partial charge is 0.161 e. The summed E-state index contributed by atoms with van der Waals surface area (Å²) in [5, 5.41) is 3.96. The summed E-state index contributed by atoms with van der Waals surface area (Å²) in [6.07, 6.45) is 1.49. The number of para-hydroxylation sites is 1. The van der Waals surface area contributed by atoms with Crippen LogP contribution in [0.1, 0.15) is 17.2 Å². The van der Waals surface area contributed by atoms with Crippen molar-refractivity contribution in [2.45, 2.75) is 6.04 Å². The predicted octanol–water partition coefficient (Wildman–Crippen LogP) is 4.41. The fraction of sp³-hybridized carbons (Fsp3) is 0.111. The van der Waals surface area contributed by atoms with E-state index < -0.39 is 0 Å². The van der Waals surface area contributed by atoms with E-state index in [4.69, 9.17) is 11.6 Å². The minimum absolute atomic E-state index is 0.0143. The fourth-order valence-corrected chi connectivity index (χ4v) is 3.20. The Labute approximate surface area is 139 Å². The van der Waals surface area contributed by atoms with Crippen molar-refractivity contribution in [3.8, 4) is 0 Å². The first kappa shape index (κ1) is 14.0. The van der Waals surface area contributed by atoms with Gasteiger partial charge in [-0.05, 0) is 11.6 Å². The van der Waals surface area contributed by atoms with Gasteiger partial charge in [0.1, 0.15) is 12.0 Å². The van der Waals surface area contributed by atoms with Gasteiger partial charge in [-0.25, -0.2) is 9.97 Å². The summed E-state index contributed by atoms with van der Waals surface area (Å²) in [5.41, 5.74) is 4.19. The predicted molar refractivity (Wildman–Crippen MR) is 93.5 cm³/mol. The standard InChI is InChI=1S/C18H15ClN4/c1-23-14-10-6-5-9-13(14)15(12-7-3-2-4-8-12)22-16-17(19)20-11-21-18(16)23/h2-11,15,22H,1H3. The fourth-order valence-electron chi connectivity index (χ4n) is 3.02. The summed E-state index contributed by atoms with van der Waals surface area (Å²) in [6, 6.07) is 18.6. The highest BCUT2D eigenvalue weighted by atomic mass is 35.5. The average molecular weight is 323 g/mol. The van der Waals surface area contributed by atoms with Crippen LogP contribution in [0.4, 0.5) is 17.2 Å². The Morgan fingerprint density at radius 1 is 1.00 bits per heavy atom. The third kappa shape index (κ3) is 2.32. The lowest BCUT2D eigenvalue weighted by Gasteiger charge is -2.21. The maximum atomic E-state index is 6.34. The van der Waals surface area contributed by atoms with E-state index in [1.54, 1.807) is 0 Å². The number of hydrogen-bond donors (Lipinski definition) is 1. The third-order valence-electron chi connectivity index (χ3n) is 4.13. The van der Waals surface area contributed by atoms with Crippen LogP contribution >= 0.6 is 11.6 Å². The Kier molecular flexibility index (Phi) is 3.39. The van der Waals surface area contributed by atoms with E-state index in [1.807, 2.05) is 42.3 Å². The number of hydrogen-bond acceptors (Lipinski definition) is 4. The number of fused-ring (bicyclic) bond motifs is 2. The van der Waals surface area contributed by atoms with Crippen molar-refractivity contribution in [2.75, 3.05) is 17.3 Å². The number of anilines is 3. The molecule has 23 heavy (non-hydrogen) atoms. The van der Waals surface area contributed by atoms with Crippen LogP contribution < -0.4 is 10.2 Å². The van der Waals surface area contributed by atoms with Crippen LogP contribution in [0.2, 0.25) is 5.15 Å². The van der Waals surface area contributed by atoms with Crippen LogP contribution in [0.5, 0.6) is 0 Å². The number of benzene rings is 2. The van der Waals surface area contributed by atoms with E-state index in [1.165, 1.54) is 17.5 Å². The van der Waals surface area contributed by atoms with Gasteiger partial charge in [0.15, 0.2) is 11.0 Å². The number of nitrogens with zero attached hydrogens (tertiary/aromatic N) is 3. The zero-order valence-corrected chi connectivity index (χ0v) is 13.3. The molecule has 0 fully saturated rings. The van der Waals surface area contributed by atoms with E-state index in [-0.39, 0.29) is 6.04 Å². The second-order valence-electron chi connectivity index (χ2n) is 5.47. The SMILES string of the molecule is CN1c2ccccc2C(c2ccccc2)Nc2c(Cl)ncnc21. The van der Waals surface area contributed by atoms with Crippen molar-refractivity contribution in [1.29, 1.82) is 0 Å². The van der Waals surface area contributed by atoms with Gasteiger partial charge in [0.05, 0.1) is 6.04 Å². The largest absolute Gasteiger partial charge is 0.369 e. The molecular formula is C18H15ClN4. The summed E-state index contributed by atoms with van der Waals surface area (Å²) in [4.78, 5) is 10.6. The first-order valence-corrected chi connectivity index (χ1v) is 7.78. The molecule has 0 radical (unpaired) electrons. The normalized spacial score (nSPS) is 16.1. The Morgan fingerprint density at radius 2 is 1.74 bits per heavy atom. The zero-order chi connectivity index (χ0) is 15.8. The maximum absolute atomic E-state index is 6.34. The molecule has 0 amide bonds. The highest BCUT2D eigenvalue weighted by Crippen LogP contribution is 2.43. The van der Waals surface area contributed by atoms with Crippen molar-refractivity contribution < 1.29 is 0 Å². The highest BCUT2D eigenvalue weighted by Gasteiger charge is 2.27. The molecule has 1 unspecified atom stereocenters. The third-order valence-corrected chi connectivity index (χ3v) is 4.42. The van der Waals surface area contributed by atoms with Crippen molar-refractivity contribution in [2.24, 2.45) is 0 Å². The molecule has 1 aliphatic rings. The molecule has 0 saturated heterocycles. The van der Waals surface area contributed by atoms with Gasteiger partial charge in [-0.2, -0.15) is 0 Å². The minimum atomic E-state index is -0.0143. The quantitative estimate of drug-likeness (QED) is 0.674. The summed E-state index contributed by atoms with van der Waals surface area (Å²) >= 11 is 6.34. The zero-order valence-electron chi connectivity index (χ0n) is 12.6. The van der Waals surface area contributed by atoms with Crippen molar-refractivity contribution >= 4 is 28.8 Å². The monoisotopic (exact) mass is 322 g/mol. The van der Waals surface area contributed by atoms with Gasteiger partial charge in [-0.15, -0.1) is 0 Å². The molecule has 114 valence electrons. The molecule has 1 N–H and O–H groups in total. The summed E-state index contributed by atoms with van der Waals surface area (Å²) in [7, 11) is 2.00. The molecule has 4 nitrogen and oxygen atoms in total. The number of aromatic nitrogens is 2. The van der Waals surface area contributed by atoms with Gasteiger partial charge in [0, 0.05) is 18.3 Å². The molecule has 1 aromatic heterocycles. The first-order valence-electron chi connectivity index (χ1n) is 7.40. The van der Waals surface area contributed by atoms with Crippen LogP contribution in [0.3, 0.4) is 0 Å². The molecule has 1 atom stereocenters. The van der Waals surface area contributed by atoms with Crippen molar-refractivity contribution in [1.82, 2.24) is 9.97 Å². The number of rotatable bonds is 1. The van der Waals surface area contributed by atoms with Crippen LogP contribution in [-0.4, -0.2) is 17.0 Å². The minimum Gasteiger partial charge on any atom is -0.369 e. The van der Waals surface area contributed by atoms with E-state index in [2.05, 4.69) is 39.6 Å². The highest BCUT2D eigenvalue weighted by molar-refractivity contribution is 6.32. The van der Waals surface area contributed by atoms with E-state index in [9.17, 15) is 0 Å². The van der Waals surface area contributed by atoms with Crippen molar-refractivity contribution in [3.63, 3.8) is 0 Å². The van der Waals surface area contributed by atoms with Gasteiger partial charge < -0.3 is 10.2 Å². The molecule has 4 rings (SSSR count). The average Bonchev–Trinajstić information content (AvgIpc) is 2.73. The Morgan fingerprint density at radius 3 is 2.57 bits per heavy atom. The topological polar surface area (TPSA) is 41.0 Å². The van der Waals surface area contributed by atoms with Gasteiger partial charge in [-0.3, -0.25) is 0 Å². The Hall–Kier alpha value is -2.59. The molecule has 1 aliphatic heterocycles. The molecular weight excluding hydrogens is 308 g/mol. The second-order valence-corrected chi connectivity index (χ2v) is 5.83. The lowest BCUT2D eigenvalue weighted by Crippen LogP contribution is -2.12. The van der Waals surface area contributed by atoms with Gasteiger partial charge in [0.2, 0.25) is 0 Å². The maximum Gasteiger partial charge on any atom is 0.161 e. The van der Waals surface area contributed by atoms with Gasteiger partial charge in [-0.1, -0.05) is 60.1 Å². The lowest BCUT2D eigenvalue weighted by atomic mass is 9.97. The number of halogens is 1. The molecule has 0 spiro atoms. The molecule has 2 heterocycles. The van der Waals surface area contributed by atoms with Crippen LogP contribution in [0.25, 0.3) is 0 Å².